The number of benzene rings is 1. The van der Waals surface area contributed by atoms with E-state index in [9.17, 15) is 0 Å². The Morgan fingerprint density at radius 1 is 1.39 bits per heavy atom. The van der Waals surface area contributed by atoms with Gasteiger partial charge in [-0.1, -0.05) is 26.0 Å². The van der Waals surface area contributed by atoms with Crippen LogP contribution in [0.3, 0.4) is 0 Å². The van der Waals surface area contributed by atoms with Crippen LogP contribution in [-0.4, -0.2) is 26.9 Å². The van der Waals surface area contributed by atoms with Crippen LogP contribution in [0, 0.1) is 11.8 Å². The third kappa shape index (κ3) is 2.13. The summed E-state index contributed by atoms with van der Waals surface area (Å²) in [5.41, 5.74) is 7.35. The Bertz CT molecular complexity index is 399. The Balaban J connectivity index is 2.36. The monoisotopic (exact) mass is 249 g/mol. The molecule has 0 saturated carbocycles. The van der Waals surface area contributed by atoms with Crippen molar-refractivity contribution >= 4 is 0 Å². The summed E-state index contributed by atoms with van der Waals surface area (Å²) >= 11 is 0. The predicted octanol–water partition coefficient (Wildman–Crippen LogP) is 2.19. The van der Waals surface area contributed by atoms with E-state index in [1.54, 1.807) is 7.11 Å². The lowest BCUT2D eigenvalue weighted by Crippen LogP contribution is -2.56. The summed E-state index contributed by atoms with van der Waals surface area (Å²) < 4.78 is 10.8. The lowest BCUT2D eigenvalue weighted by Gasteiger charge is -2.49. The van der Waals surface area contributed by atoms with Gasteiger partial charge in [0, 0.05) is 5.41 Å². The molecule has 18 heavy (non-hydrogen) atoms. The lowest BCUT2D eigenvalue weighted by atomic mass is 9.64. The molecule has 1 saturated heterocycles. The van der Waals surface area contributed by atoms with E-state index < -0.39 is 0 Å². The Morgan fingerprint density at radius 3 is 2.56 bits per heavy atom. The van der Waals surface area contributed by atoms with Gasteiger partial charge in [-0.05, 0) is 36.1 Å². The van der Waals surface area contributed by atoms with Crippen molar-refractivity contribution in [3.8, 4) is 5.75 Å². The van der Waals surface area contributed by atoms with Gasteiger partial charge in [0.2, 0.25) is 0 Å². The molecule has 3 heteroatoms. The zero-order valence-corrected chi connectivity index (χ0v) is 11.5. The molecule has 1 unspecified atom stereocenters. The maximum Gasteiger partial charge on any atom is 0.119 e. The van der Waals surface area contributed by atoms with Gasteiger partial charge in [0.1, 0.15) is 5.75 Å². The molecule has 0 radical (unpaired) electrons. The van der Waals surface area contributed by atoms with Gasteiger partial charge < -0.3 is 15.2 Å². The Morgan fingerprint density at radius 2 is 2.11 bits per heavy atom. The first kappa shape index (κ1) is 13.4. The molecule has 2 N–H and O–H groups in total. The van der Waals surface area contributed by atoms with E-state index in [4.69, 9.17) is 15.2 Å². The number of nitrogens with two attached hydrogens (primary N) is 1. The molecule has 1 aromatic carbocycles. The third-order valence-electron chi connectivity index (χ3n) is 4.13. The Hall–Kier alpha value is -1.06. The zero-order valence-electron chi connectivity index (χ0n) is 11.5. The van der Waals surface area contributed by atoms with Crippen molar-refractivity contribution in [2.45, 2.75) is 19.3 Å². The topological polar surface area (TPSA) is 44.5 Å². The highest BCUT2D eigenvalue weighted by Crippen LogP contribution is 2.43. The maximum absolute atomic E-state index is 5.99. The van der Waals surface area contributed by atoms with E-state index in [1.807, 2.05) is 12.1 Å². The molecule has 1 aliphatic heterocycles. The van der Waals surface area contributed by atoms with Crippen LogP contribution in [-0.2, 0) is 10.2 Å². The van der Waals surface area contributed by atoms with E-state index in [2.05, 4.69) is 26.0 Å². The van der Waals surface area contributed by atoms with Crippen molar-refractivity contribution in [2.24, 2.45) is 17.6 Å². The van der Waals surface area contributed by atoms with Gasteiger partial charge in [0.15, 0.2) is 0 Å². The number of hydrogen-bond acceptors (Lipinski definition) is 3. The minimum absolute atomic E-state index is 0.0669. The smallest absolute Gasteiger partial charge is 0.119 e. The fraction of sp³-hybridized carbons (Fsp3) is 0.600. The van der Waals surface area contributed by atoms with Gasteiger partial charge >= 0.3 is 0 Å². The summed E-state index contributed by atoms with van der Waals surface area (Å²) in [6.45, 7) is 6.69. The van der Waals surface area contributed by atoms with E-state index in [1.165, 1.54) is 5.56 Å². The predicted molar refractivity (Wildman–Crippen MR) is 72.9 cm³/mol. The first-order valence-corrected chi connectivity index (χ1v) is 6.56. The van der Waals surface area contributed by atoms with Crippen LogP contribution in [0.25, 0.3) is 0 Å². The van der Waals surface area contributed by atoms with Crippen LogP contribution < -0.4 is 10.5 Å². The standard InChI is InChI=1S/C15H23NO2/c1-11(2)14(8-16)15(9-18-10-15)12-5-4-6-13(7-12)17-3/h4-7,11,14H,8-10,16H2,1-3H3. The minimum atomic E-state index is 0.0669. The summed E-state index contributed by atoms with van der Waals surface area (Å²) in [5, 5.41) is 0. The average Bonchev–Trinajstić information content (AvgIpc) is 2.33. The van der Waals surface area contributed by atoms with Crippen molar-refractivity contribution < 1.29 is 9.47 Å². The Labute approximate surface area is 109 Å². The maximum atomic E-state index is 5.99. The van der Waals surface area contributed by atoms with Gasteiger partial charge in [-0.2, -0.15) is 0 Å². The molecule has 0 aliphatic carbocycles. The quantitative estimate of drug-likeness (QED) is 0.870. The first-order chi connectivity index (χ1) is 8.64. The van der Waals surface area contributed by atoms with Crippen molar-refractivity contribution in [1.82, 2.24) is 0 Å². The molecule has 1 heterocycles. The molecular formula is C15H23NO2. The van der Waals surface area contributed by atoms with Gasteiger partial charge in [0.25, 0.3) is 0 Å². The van der Waals surface area contributed by atoms with Crippen molar-refractivity contribution in [2.75, 3.05) is 26.9 Å². The van der Waals surface area contributed by atoms with E-state index >= 15 is 0 Å². The molecule has 1 aliphatic rings. The third-order valence-corrected chi connectivity index (χ3v) is 4.13. The molecule has 3 nitrogen and oxygen atoms in total. The minimum Gasteiger partial charge on any atom is -0.497 e. The highest BCUT2D eigenvalue weighted by Gasteiger charge is 2.47. The largest absolute Gasteiger partial charge is 0.497 e. The number of hydrogen-bond donors (Lipinski definition) is 1. The summed E-state index contributed by atoms with van der Waals surface area (Å²) in [4.78, 5) is 0. The van der Waals surface area contributed by atoms with Gasteiger partial charge in [-0.15, -0.1) is 0 Å². The van der Waals surface area contributed by atoms with Crippen LogP contribution in [0.4, 0.5) is 0 Å². The molecule has 1 aromatic rings. The van der Waals surface area contributed by atoms with Crippen molar-refractivity contribution in [3.63, 3.8) is 0 Å². The second-order valence-electron chi connectivity index (χ2n) is 5.47. The van der Waals surface area contributed by atoms with Crippen LogP contribution in [0.15, 0.2) is 24.3 Å². The molecule has 1 fully saturated rings. The summed E-state index contributed by atoms with van der Waals surface area (Å²) in [5.74, 6) is 1.89. The molecule has 1 atom stereocenters. The fourth-order valence-corrected chi connectivity index (χ4v) is 2.99. The molecule has 0 spiro atoms. The molecular weight excluding hydrogens is 226 g/mol. The average molecular weight is 249 g/mol. The van der Waals surface area contributed by atoms with Crippen LogP contribution in [0.2, 0.25) is 0 Å². The van der Waals surface area contributed by atoms with E-state index in [0.29, 0.717) is 18.4 Å². The molecule has 0 amide bonds. The zero-order chi connectivity index (χ0) is 13.2. The number of ether oxygens (including phenoxy) is 2. The SMILES string of the molecule is COc1cccc(C2(C(CN)C(C)C)COC2)c1. The molecule has 2 rings (SSSR count). The second-order valence-corrected chi connectivity index (χ2v) is 5.47. The van der Waals surface area contributed by atoms with E-state index in [0.717, 1.165) is 19.0 Å². The first-order valence-electron chi connectivity index (χ1n) is 6.56. The summed E-state index contributed by atoms with van der Waals surface area (Å²) in [6, 6.07) is 8.30. The normalized spacial score (nSPS) is 19.4. The highest BCUT2D eigenvalue weighted by molar-refractivity contribution is 5.36. The van der Waals surface area contributed by atoms with Crippen molar-refractivity contribution in [3.05, 3.63) is 29.8 Å². The second kappa shape index (κ2) is 5.29. The van der Waals surface area contributed by atoms with Crippen LogP contribution >= 0.6 is 0 Å². The van der Waals surface area contributed by atoms with Crippen molar-refractivity contribution in [1.29, 1.82) is 0 Å². The highest BCUT2D eigenvalue weighted by atomic mass is 16.5. The van der Waals surface area contributed by atoms with Gasteiger partial charge in [-0.3, -0.25) is 0 Å². The van der Waals surface area contributed by atoms with Crippen LogP contribution in [0.5, 0.6) is 5.75 Å². The van der Waals surface area contributed by atoms with E-state index in [-0.39, 0.29) is 5.41 Å². The fourth-order valence-electron chi connectivity index (χ4n) is 2.99. The van der Waals surface area contributed by atoms with Gasteiger partial charge in [0.05, 0.1) is 20.3 Å². The Kier molecular flexibility index (Phi) is 3.93. The van der Waals surface area contributed by atoms with Crippen LogP contribution in [0.1, 0.15) is 19.4 Å². The molecule has 100 valence electrons. The molecule has 0 bridgehead atoms. The molecule has 0 aromatic heterocycles. The van der Waals surface area contributed by atoms with Gasteiger partial charge in [-0.25, -0.2) is 0 Å². The number of rotatable bonds is 5. The number of methoxy groups -OCH3 is 1. The lowest BCUT2D eigenvalue weighted by molar-refractivity contribution is -0.0982. The summed E-state index contributed by atoms with van der Waals surface area (Å²) in [7, 11) is 1.70. The summed E-state index contributed by atoms with van der Waals surface area (Å²) in [6.07, 6.45) is 0.